The fourth-order valence-electron chi connectivity index (χ4n) is 2.00. The first-order chi connectivity index (χ1) is 11.0. The fraction of sp³-hybridized carbons (Fsp3) is 0.500. The van der Waals surface area contributed by atoms with Gasteiger partial charge in [0.15, 0.2) is 0 Å². The van der Waals surface area contributed by atoms with Crippen LogP contribution in [0.15, 0.2) is 24.3 Å². The molecule has 0 bridgehead atoms. The van der Waals surface area contributed by atoms with Gasteiger partial charge in [0, 0.05) is 19.2 Å². The molecule has 1 aromatic rings. The van der Waals surface area contributed by atoms with Crippen molar-refractivity contribution in [3.8, 4) is 0 Å². The molecule has 0 fully saturated rings. The van der Waals surface area contributed by atoms with E-state index in [4.69, 9.17) is 5.73 Å². The van der Waals surface area contributed by atoms with E-state index in [1.807, 2.05) is 13.8 Å². The summed E-state index contributed by atoms with van der Waals surface area (Å²) in [6.45, 7) is 4.42. The summed E-state index contributed by atoms with van der Waals surface area (Å²) in [4.78, 5) is 25.3. The summed E-state index contributed by atoms with van der Waals surface area (Å²) < 4.78 is 37.4. The van der Waals surface area contributed by atoms with Gasteiger partial charge in [0.25, 0.3) is 5.91 Å². The Bertz CT molecular complexity index is 589. The van der Waals surface area contributed by atoms with Crippen molar-refractivity contribution in [3.63, 3.8) is 0 Å². The van der Waals surface area contributed by atoms with Crippen molar-refractivity contribution >= 4 is 24.2 Å². The maximum absolute atomic E-state index is 12.5. The van der Waals surface area contributed by atoms with Crippen LogP contribution in [0, 0.1) is 5.41 Å². The second kappa shape index (κ2) is 9.05. The molecule has 9 heteroatoms. The Kier molecular flexibility index (Phi) is 8.40. The topological polar surface area (TPSA) is 75.4 Å². The minimum absolute atomic E-state index is 0. The van der Waals surface area contributed by atoms with E-state index in [9.17, 15) is 22.8 Å². The smallest absolute Gasteiger partial charge is 0.344 e. The van der Waals surface area contributed by atoms with Crippen molar-refractivity contribution in [1.82, 2.24) is 10.2 Å². The largest absolute Gasteiger partial charge is 0.416 e. The molecule has 0 saturated carbocycles. The van der Waals surface area contributed by atoms with Gasteiger partial charge in [-0.05, 0) is 36.2 Å². The van der Waals surface area contributed by atoms with Gasteiger partial charge in [-0.25, -0.2) is 0 Å². The zero-order valence-corrected chi connectivity index (χ0v) is 15.1. The lowest BCUT2D eigenvalue weighted by molar-refractivity contribution is -0.137. The number of nitrogens with two attached hydrogens (primary N) is 1. The maximum Gasteiger partial charge on any atom is 0.416 e. The molecular formula is C16H23ClF3N3O2. The van der Waals surface area contributed by atoms with Gasteiger partial charge in [0.2, 0.25) is 5.91 Å². The van der Waals surface area contributed by atoms with Crippen molar-refractivity contribution < 1.29 is 22.8 Å². The predicted octanol–water partition coefficient (Wildman–Crippen LogP) is 2.30. The average Bonchev–Trinajstić information content (AvgIpc) is 2.51. The molecule has 0 radical (unpaired) electrons. The highest BCUT2D eigenvalue weighted by Crippen LogP contribution is 2.29. The molecule has 1 aromatic carbocycles. The van der Waals surface area contributed by atoms with Crippen LogP contribution in [0.4, 0.5) is 13.2 Å². The third-order valence-electron chi connectivity index (χ3n) is 3.52. The number of hydrogen-bond donors (Lipinski definition) is 2. The lowest BCUT2D eigenvalue weighted by atomic mass is 9.93. The van der Waals surface area contributed by atoms with E-state index < -0.39 is 17.6 Å². The Morgan fingerprint density at radius 3 is 2.12 bits per heavy atom. The maximum atomic E-state index is 12.5. The van der Waals surface area contributed by atoms with Gasteiger partial charge in [-0.3, -0.25) is 9.59 Å². The molecule has 142 valence electrons. The fourth-order valence-corrected chi connectivity index (χ4v) is 2.00. The lowest BCUT2D eigenvalue weighted by Gasteiger charge is -2.29. The number of likely N-dealkylation sites (N-methyl/N-ethyl adjacent to an activating group) is 1. The monoisotopic (exact) mass is 381 g/mol. The minimum atomic E-state index is -4.45. The molecule has 25 heavy (non-hydrogen) atoms. The van der Waals surface area contributed by atoms with Gasteiger partial charge in [0.05, 0.1) is 12.1 Å². The standard InChI is InChI=1S/C16H22F3N3O2.ClH/c1-15(2,9-20)10-22(3)13(23)8-21-14(24)11-4-6-12(7-5-11)16(17,18)19;/h4-7H,8-10,20H2,1-3H3,(H,21,24);1H. The highest BCUT2D eigenvalue weighted by atomic mass is 35.5. The number of nitrogens with zero attached hydrogens (tertiary/aromatic N) is 1. The van der Waals surface area contributed by atoms with E-state index in [1.54, 1.807) is 7.05 Å². The van der Waals surface area contributed by atoms with Gasteiger partial charge in [0.1, 0.15) is 0 Å². The van der Waals surface area contributed by atoms with Crippen LogP contribution < -0.4 is 11.1 Å². The van der Waals surface area contributed by atoms with Gasteiger partial charge < -0.3 is 16.0 Å². The first-order valence-electron chi connectivity index (χ1n) is 7.36. The Morgan fingerprint density at radius 2 is 1.68 bits per heavy atom. The number of hydrogen-bond acceptors (Lipinski definition) is 3. The van der Waals surface area contributed by atoms with E-state index in [0.29, 0.717) is 13.1 Å². The van der Waals surface area contributed by atoms with Gasteiger partial charge in [-0.2, -0.15) is 13.2 Å². The summed E-state index contributed by atoms with van der Waals surface area (Å²) in [5, 5.41) is 2.40. The van der Waals surface area contributed by atoms with Crippen molar-refractivity contribution in [3.05, 3.63) is 35.4 Å². The van der Waals surface area contributed by atoms with Crippen molar-refractivity contribution in [2.75, 3.05) is 26.7 Å². The van der Waals surface area contributed by atoms with Crippen LogP contribution in [0.3, 0.4) is 0 Å². The van der Waals surface area contributed by atoms with Crippen LogP contribution in [0.1, 0.15) is 29.8 Å². The summed E-state index contributed by atoms with van der Waals surface area (Å²) in [6, 6.07) is 3.80. The number of carbonyl (C=O) groups excluding carboxylic acids is 2. The summed E-state index contributed by atoms with van der Waals surface area (Å²) >= 11 is 0. The molecule has 0 aliphatic heterocycles. The predicted molar refractivity (Wildman–Crippen MR) is 91.5 cm³/mol. The summed E-state index contributed by atoms with van der Waals surface area (Å²) in [7, 11) is 1.60. The summed E-state index contributed by atoms with van der Waals surface area (Å²) in [6.07, 6.45) is -4.45. The van der Waals surface area contributed by atoms with E-state index in [-0.39, 0.29) is 35.8 Å². The Hall–Kier alpha value is -1.80. The summed E-state index contributed by atoms with van der Waals surface area (Å²) in [5.74, 6) is -0.916. The second-order valence-corrected chi connectivity index (χ2v) is 6.38. The summed E-state index contributed by atoms with van der Waals surface area (Å²) in [5.41, 5.74) is 4.58. The molecule has 0 aliphatic carbocycles. The van der Waals surface area contributed by atoms with Gasteiger partial charge in [-0.15, -0.1) is 12.4 Å². The number of nitrogens with one attached hydrogen (secondary N) is 1. The molecule has 1 rings (SSSR count). The van der Waals surface area contributed by atoms with E-state index in [0.717, 1.165) is 24.3 Å². The Labute approximate surface area is 151 Å². The molecular weight excluding hydrogens is 359 g/mol. The first kappa shape index (κ1) is 23.2. The van der Waals surface area contributed by atoms with Crippen LogP contribution in [0.5, 0.6) is 0 Å². The lowest BCUT2D eigenvalue weighted by Crippen LogP contribution is -2.44. The van der Waals surface area contributed by atoms with Crippen molar-refractivity contribution in [2.24, 2.45) is 11.1 Å². The SMILES string of the molecule is CN(CC(C)(C)CN)C(=O)CNC(=O)c1ccc(C(F)(F)F)cc1.Cl. The first-order valence-corrected chi connectivity index (χ1v) is 7.36. The van der Waals surface area contributed by atoms with Crippen LogP contribution in [0.25, 0.3) is 0 Å². The van der Waals surface area contributed by atoms with Crippen molar-refractivity contribution in [1.29, 1.82) is 0 Å². The molecule has 0 atom stereocenters. The molecule has 0 unspecified atom stereocenters. The van der Waals surface area contributed by atoms with E-state index >= 15 is 0 Å². The normalized spacial score (nSPS) is 11.5. The number of alkyl halides is 3. The van der Waals surface area contributed by atoms with Gasteiger partial charge >= 0.3 is 6.18 Å². The number of carbonyl (C=O) groups is 2. The molecule has 5 nitrogen and oxygen atoms in total. The van der Waals surface area contributed by atoms with Crippen LogP contribution in [0.2, 0.25) is 0 Å². The molecule has 2 amide bonds. The number of benzene rings is 1. The Balaban J connectivity index is 0.00000576. The highest BCUT2D eigenvalue weighted by Gasteiger charge is 2.30. The minimum Gasteiger partial charge on any atom is -0.344 e. The molecule has 0 aliphatic rings. The van der Waals surface area contributed by atoms with Crippen LogP contribution >= 0.6 is 12.4 Å². The zero-order valence-electron chi connectivity index (χ0n) is 14.3. The zero-order chi connectivity index (χ0) is 18.5. The highest BCUT2D eigenvalue weighted by molar-refractivity contribution is 5.96. The average molecular weight is 382 g/mol. The van der Waals surface area contributed by atoms with Gasteiger partial charge in [-0.1, -0.05) is 13.8 Å². The second-order valence-electron chi connectivity index (χ2n) is 6.38. The number of halogens is 4. The van der Waals surface area contributed by atoms with E-state index in [2.05, 4.69) is 5.32 Å². The van der Waals surface area contributed by atoms with Crippen LogP contribution in [-0.2, 0) is 11.0 Å². The Morgan fingerprint density at radius 1 is 1.16 bits per heavy atom. The molecule has 3 N–H and O–H groups in total. The molecule has 0 saturated heterocycles. The number of rotatable bonds is 6. The van der Waals surface area contributed by atoms with Crippen LogP contribution in [-0.4, -0.2) is 43.4 Å². The van der Waals surface area contributed by atoms with E-state index in [1.165, 1.54) is 4.90 Å². The third-order valence-corrected chi connectivity index (χ3v) is 3.52. The number of amides is 2. The molecule has 0 aromatic heterocycles. The molecule has 0 spiro atoms. The van der Waals surface area contributed by atoms with Crippen molar-refractivity contribution in [2.45, 2.75) is 20.0 Å². The quantitative estimate of drug-likeness (QED) is 0.794. The molecule has 0 heterocycles. The third kappa shape index (κ3) is 7.31.